The largest absolute Gasteiger partial charge is 0.352 e. The molecule has 0 aliphatic heterocycles. The fourth-order valence-electron chi connectivity index (χ4n) is 2.35. The molecule has 0 bridgehead atoms. The van der Waals surface area contributed by atoms with Crippen LogP contribution in [0, 0.1) is 5.82 Å². The van der Waals surface area contributed by atoms with Gasteiger partial charge in [0.05, 0.1) is 0 Å². The number of benzene rings is 2. The number of amides is 1. The van der Waals surface area contributed by atoms with E-state index in [1.807, 2.05) is 30.3 Å². The van der Waals surface area contributed by atoms with Crippen molar-refractivity contribution < 1.29 is 9.18 Å². The maximum absolute atomic E-state index is 13.1. The highest BCUT2D eigenvalue weighted by atomic mass is 19.1. The Balaban J connectivity index is 1.72. The molecule has 0 saturated heterocycles. The van der Waals surface area contributed by atoms with E-state index < -0.39 is 6.04 Å². The number of carbonyl (C=O) groups is 1. The molecule has 3 rings (SSSR count). The van der Waals surface area contributed by atoms with Gasteiger partial charge in [0.25, 0.3) is 0 Å². The SMILES string of the molecule is O=C(NC1CC1)[C@H](NCc1ccccc1)c1ccc(F)cc1. The first-order chi connectivity index (χ1) is 10.7. The van der Waals surface area contributed by atoms with Crippen LogP contribution in [0.4, 0.5) is 4.39 Å². The first kappa shape index (κ1) is 14.7. The van der Waals surface area contributed by atoms with E-state index in [0.717, 1.165) is 24.0 Å². The van der Waals surface area contributed by atoms with Crippen molar-refractivity contribution in [1.29, 1.82) is 0 Å². The fourth-order valence-corrected chi connectivity index (χ4v) is 2.35. The summed E-state index contributed by atoms with van der Waals surface area (Å²) in [6.07, 6.45) is 2.08. The lowest BCUT2D eigenvalue weighted by molar-refractivity contribution is -0.123. The van der Waals surface area contributed by atoms with Gasteiger partial charge in [-0.1, -0.05) is 42.5 Å². The van der Waals surface area contributed by atoms with Crippen molar-refractivity contribution in [3.63, 3.8) is 0 Å². The summed E-state index contributed by atoms with van der Waals surface area (Å²) in [5.74, 6) is -0.349. The Hall–Kier alpha value is -2.20. The molecule has 2 aromatic rings. The van der Waals surface area contributed by atoms with E-state index in [1.165, 1.54) is 12.1 Å². The predicted molar refractivity (Wildman–Crippen MR) is 83.6 cm³/mol. The molecule has 1 fully saturated rings. The van der Waals surface area contributed by atoms with Crippen LogP contribution in [0.1, 0.15) is 30.0 Å². The summed E-state index contributed by atoms with van der Waals surface area (Å²) in [5.41, 5.74) is 1.88. The van der Waals surface area contributed by atoms with Gasteiger partial charge in [-0.05, 0) is 36.1 Å². The van der Waals surface area contributed by atoms with Gasteiger partial charge >= 0.3 is 0 Å². The number of hydrogen-bond donors (Lipinski definition) is 2. The minimum Gasteiger partial charge on any atom is -0.352 e. The highest BCUT2D eigenvalue weighted by Gasteiger charge is 2.28. The third-order valence-corrected chi connectivity index (χ3v) is 3.74. The molecule has 2 N–H and O–H groups in total. The van der Waals surface area contributed by atoms with Gasteiger partial charge in [0.2, 0.25) is 5.91 Å². The van der Waals surface area contributed by atoms with Crippen LogP contribution in [0.5, 0.6) is 0 Å². The van der Waals surface area contributed by atoms with E-state index in [9.17, 15) is 9.18 Å². The maximum Gasteiger partial charge on any atom is 0.241 e. The van der Waals surface area contributed by atoms with Gasteiger partial charge in [0.1, 0.15) is 11.9 Å². The molecule has 4 heteroatoms. The van der Waals surface area contributed by atoms with E-state index in [4.69, 9.17) is 0 Å². The molecule has 1 saturated carbocycles. The summed E-state index contributed by atoms with van der Waals surface area (Å²) in [6, 6.07) is 15.8. The molecule has 3 nitrogen and oxygen atoms in total. The van der Waals surface area contributed by atoms with Gasteiger partial charge in [-0.15, -0.1) is 0 Å². The van der Waals surface area contributed by atoms with E-state index >= 15 is 0 Å². The molecule has 2 aromatic carbocycles. The normalized spacial score (nSPS) is 15.3. The lowest BCUT2D eigenvalue weighted by Gasteiger charge is -2.19. The van der Waals surface area contributed by atoms with Crippen LogP contribution >= 0.6 is 0 Å². The van der Waals surface area contributed by atoms with Crippen LogP contribution in [0.3, 0.4) is 0 Å². The van der Waals surface area contributed by atoms with Crippen molar-refractivity contribution in [1.82, 2.24) is 10.6 Å². The molecule has 1 aliphatic rings. The highest BCUT2D eigenvalue weighted by molar-refractivity contribution is 5.83. The summed E-state index contributed by atoms with van der Waals surface area (Å²) < 4.78 is 13.1. The molecule has 1 aliphatic carbocycles. The quantitative estimate of drug-likeness (QED) is 0.861. The molecule has 1 amide bonds. The van der Waals surface area contributed by atoms with Crippen molar-refractivity contribution >= 4 is 5.91 Å². The third-order valence-electron chi connectivity index (χ3n) is 3.74. The monoisotopic (exact) mass is 298 g/mol. The van der Waals surface area contributed by atoms with Gasteiger partial charge in [-0.3, -0.25) is 10.1 Å². The van der Waals surface area contributed by atoms with Gasteiger partial charge in [0, 0.05) is 12.6 Å². The molecule has 114 valence electrons. The summed E-state index contributed by atoms with van der Waals surface area (Å²) >= 11 is 0. The zero-order valence-corrected chi connectivity index (χ0v) is 12.3. The Morgan fingerprint density at radius 1 is 1.09 bits per heavy atom. The number of nitrogens with one attached hydrogen (secondary N) is 2. The van der Waals surface area contributed by atoms with Crippen LogP contribution in [-0.4, -0.2) is 11.9 Å². The van der Waals surface area contributed by atoms with Crippen molar-refractivity contribution in [2.24, 2.45) is 0 Å². The Bertz CT molecular complexity index is 623. The molecule has 0 radical (unpaired) electrons. The maximum atomic E-state index is 13.1. The van der Waals surface area contributed by atoms with Crippen molar-refractivity contribution in [3.8, 4) is 0 Å². The average molecular weight is 298 g/mol. The van der Waals surface area contributed by atoms with Gasteiger partial charge in [0.15, 0.2) is 0 Å². The molecular formula is C18H19FN2O. The molecule has 0 heterocycles. The van der Waals surface area contributed by atoms with Crippen molar-refractivity contribution in [2.75, 3.05) is 0 Å². The average Bonchev–Trinajstić information content (AvgIpc) is 3.34. The first-order valence-corrected chi connectivity index (χ1v) is 7.55. The minimum absolute atomic E-state index is 0.0509. The van der Waals surface area contributed by atoms with Gasteiger partial charge in [-0.2, -0.15) is 0 Å². The van der Waals surface area contributed by atoms with Crippen LogP contribution in [0.2, 0.25) is 0 Å². The van der Waals surface area contributed by atoms with Crippen molar-refractivity contribution in [2.45, 2.75) is 31.5 Å². The van der Waals surface area contributed by atoms with Crippen LogP contribution in [0.15, 0.2) is 54.6 Å². The Labute approximate surface area is 129 Å². The second kappa shape index (κ2) is 6.71. The van der Waals surface area contributed by atoms with Gasteiger partial charge in [-0.25, -0.2) is 4.39 Å². The van der Waals surface area contributed by atoms with E-state index in [1.54, 1.807) is 12.1 Å². The molecule has 0 aromatic heterocycles. The summed E-state index contributed by atoms with van der Waals surface area (Å²) in [4.78, 5) is 12.4. The summed E-state index contributed by atoms with van der Waals surface area (Å²) in [7, 11) is 0. The van der Waals surface area contributed by atoms with E-state index in [-0.39, 0.29) is 11.7 Å². The minimum atomic E-state index is -0.471. The third kappa shape index (κ3) is 3.92. The Morgan fingerprint density at radius 3 is 2.41 bits per heavy atom. The van der Waals surface area contributed by atoms with Gasteiger partial charge < -0.3 is 5.32 Å². The summed E-state index contributed by atoms with van der Waals surface area (Å²) in [5, 5.41) is 6.28. The Morgan fingerprint density at radius 2 is 1.77 bits per heavy atom. The number of halogens is 1. The number of hydrogen-bond acceptors (Lipinski definition) is 2. The van der Waals surface area contributed by atoms with E-state index in [2.05, 4.69) is 10.6 Å². The second-order valence-electron chi connectivity index (χ2n) is 5.63. The predicted octanol–water partition coefficient (Wildman–Crippen LogP) is 2.94. The topological polar surface area (TPSA) is 41.1 Å². The number of carbonyl (C=O) groups excluding carboxylic acids is 1. The van der Waals surface area contributed by atoms with Crippen LogP contribution in [-0.2, 0) is 11.3 Å². The fraction of sp³-hybridized carbons (Fsp3) is 0.278. The molecule has 0 unspecified atom stereocenters. The molecular weight excluding hydrogens is 279 g/mol. The lowest BCUT2D eigenvalue weighted by Crippen LogP contribution is -2.38. The number of rotatable bonds is 6. The second-order valence-corrected chi connectivity index (χ2v) is 5.63. The van der Waals surface area contributed by atoms with E-state index in [0.29, 0.717) is 12.6 Å². The Kier molecular flexibility index (Phi) is 4.49. The zero-order chi connectivity index (χ0) is 15.4. The molecule has 1 atom stereocenters. The van der Waals surface area contributed by atoms with Crippen LogP contribution < -0.4 is 10.6 Å². The lowest BCUT2D eigenvalue weighted by atomic mass is 10.1. The standard InChI is InChI=1S/C18H19FN2O/c19-15-8-6-14(7-9-15)17(18(22)21-16-10-11-16)20-12-13-4-2-1-3-5-13/h1-9,16-17,20H,10-12H2,(H,21,22)/t17-/m1/s1. The first-order valence-electron chi connectivity index (χ1n) is 7.55. The van der Waals surface area contributed by atoms with Crippen molar-refractivity contribution in [3.05, 3.63) is 71.5 Å². The highest BCUT2D eigenvalue weighted by Crippen LogP contribution is 2.21. The zero-order valence-electron chi connectivity index (χ0n) is 12.3. The molecule has 0 spiro atoms. The van der Waals surface area contributed by atoms with Crippen LogP contribution in [0.25, 0.3) is 0 Å². The summed E-state index contributed by atoms with van der Waals surface area (Å²) in [6.45, 7) is 0.584. The smallest absolute Gasteiger partial charge is 0.241 e. The molecule has 22 heavy (non-hydrogen) atoms.